The first-order valence-corrected chi connectivity index (χ1v) is 7.65. The van der Waals surface area contributed by atoms with Crippen LogP contribution in [0.4, 0.5) is 5.69 Å². The lowest BCUT2D eigenvalue weighted by Gasteiger charge is -2.37. The Morgan fingerprint density at radius 3 is 2.14 bits per heavy atom. The zero-order valence-electron chi connectivity index (χ0n) is 13.1. The lowest BCUT2D eigenvalue weighted by molar-refractivity contribution is 0.173. The second-order valence-electron chi connectivity index (χ2n) is 7.04. The van der Waals surface area contributed by atoms with Gasteiger partial charge in [-0.1, -0.05) is 20.8 Å². The first kappa shape index (κ1) is 15.4. The highest BCUT2D eigenvalue weighted by Crippen LogP contribution is 2.38. The van der Waals surface area contributed by atoms with Crippen molar-refractivity contribution in [2.75, 3.05) is 5.32 Å². The Hall–Kier alpha value is -2.00. The minimum absolute atomic E-state index is 0.396. The van der Waals surface area contributed by atoms with Crippen LogP contribution in [0.15, 0.2) is 18.2 Å². The number of anilines is 1. The van der Waals surface area contributed by atoms with Crippen LogP contribution in [0.1, 0.15) is 57.6 Å². The maximum absolute atomic E-state index is 9.08. The van der Waals surface area contributed by atoms with E-state index in [2.05, 4.69) is 32.2 Å². The van der Waals surface area contributed by atoms with E-state index in [4.69, 9.17) is 10.5 Å². The van der Waals surface area contributed by atoms with Gasteiger partial charge in [0.25, 0.3) is 0 Å². The van der Waals surface area contributed by atoms with Gasteiger partial charge in [-0.05, 0) is 55.2 Å². The minimum atomic E-state index is 0.396. The predicted molar refractivity (Wildman–Crippen MR) is 84.7 cm³/mol. The fourth-order valence-electron chi connectivity index (χ4n) is 3.16. The molecule has 3 nitrogen and oxygen atoms in total. The van der Waals surface area contributed by atoms with E-state index in [1.807, 2.05) is 12.1 Å². The zero-order chi connectivity index (χ0) is 15.5. The predicted octanol–water partition coefficient (Wildman–Crippen LogP) is 4.45. The summed E-state index contributed by atoms with van der Waals surface area (Å²) >= 11 is 0. The van der Waals surface area contributed by atoms with Crippen molar-refractivity contribution in [1.29, 1.82) is 10.5 Å². The zero-order valence-corrected chi connectivity index (χ0v) is 13.1. The Morgan fingerprint density at radius 2 is 1.62 bits per heavy atom. The standard InChI is InChI=1S/C18H23N3/c1-18(2,3)15-5-8-16(9-6-15)21-17-7-4-13(11-19)14(10-17)12-20/h4,7,10,15-16,21H,5-6,8-9H2,1-3H3. The molecule has 0 spiro atoms. The van der Waals surface area contributed by atoms with Gasteiger partial charge in [0.2, 0.25) is 0 Å². The normalized spacial score (nSPS) is 22.1. The van der Waals surface area contributed by atoms with Gasteiger partial charge in [-0.15, -0.1) is 0 Å². The molecule has 21 heavy (non-hydrogen) atoms. The van der Waals surface area contributed by atoms with Gasteiger partial charge < -0.3 is 5.32 Å². The van der Waals surface area contributed by atoms with Crippen LogP contribution in [0.3, 0.4) is 0 Å². The molecular weight excluding hydrogens is 258 g/mol. The van der Waals surface area contributed by atoms with Gasteiger partial charge in [0.05, 0.1) is 11.1 Å². The molecule has 0 atom stereocenters. The van der Waals surface area contributed by atoms with Gasteiger partial charge in [-0.3, -0.25) is 0 Å². The summed E-state index contributed by atoms with van der Waals surface area (Å²) in [5.41, 5.74) is 2.24. The molecule has 0 unspecified atom stereocenters. The number of hydrogen-bond donors (Lipinski definition) is 1. The summed E-state index contributed by atoms with van der Waals surface area (Å²) in [6.07, 6.45) is 4.85. The fourth-order valence-corrected chi connectivity index (χ4v) is 3.16. The Balaban J connectivity index is 1.99. The Bertz CT molecular complexity index is 576. The molecule has 2 rings (SSSR count). The molecule has 1 fully saturated rings. The van der Waals surface area contributed by atoms with Crippen LogP contribution in [-0.4, -0.2) is 6.04 Å². The molecule has 1 aliphatic rings. The van der Waals surface area contributed by atoms with Crippen LogP contribution in [-0.2, 0) is 0 Å². The summed E-state index contributed by atoms with van der Waals surface area (Å²) in [7, 11) is 0. The van der Waals surface area contributed by atoms with Crippen molar-refractivity contribution in [2.24, 2.45) is 11.3 Å². The molecule has 1 saturated carbocycles. The smallest absolute Gasteiger partial charge is 0.101 e. The summed E-state index contributed by atoms with van der Waals surface area (Å²) in [6, 6.07) is 10.0. The van der Waals surface area contributed by atoms with Gasteiger partial charge in [0.1, 0.15) is 12.1 Å². The van der Waals surface area contributed by atoms with Crippen LogP contribution in [0.2, 0.25) is 0 Å². The number of nitriles is 2. The molecule has 0 aliphatic heterocycles. The van der Waals surface area contributed by atoms with Crippen molar-refractivity contribution in [2.45, 2.75) is 52.5 Å². The van der Waals surface area contributed by atoms with Gasteiger partial charge in [0.15, 0.2) is 0 Å². The van der Waals surface area contributed by atoms with Crippen molar-refractivity contribution < 1.29 is 0 Å². The number of benzene rings is 1. The highest BCUT2D eigenvalue weighted by atomic mass is 14.9. The number of nitrogens with zero attached hydrogens (tertiary/aromatic N) is 2. The molecule has 1 N–H and O–H groups in total. The van der Waals surface area contributed by atoms with Gasteiger partial charge in [0, 0.05) is 11.7 Å². The van der Waals surface area contributed by atoms with E-state index in [1.165, 1.54) is 25.7 Å². The topological polar surface area (TPSA) is 59.6 Å². The van der Waals surface area contributed by atoms with Crippen molar-refractivity contribution in [3.63, 3.8) is 0 Å². The van der Waals surface area contributed by atoms with E-state index in [1.54, 1.807) is 12.1 Å². The first-order valence-electron chi connectivity index (χ1n) is 7.65. The van der Waals surface area contributed by atoms with E-state index in [0.717, 1.165) is 11.6 Å². The molecule has 0 aromatic heterocycles. The summed E-state index contributed by atoms with van der Waals surface area (Å²) in [5, 5.41) is 21.5. The number of rotatable bonds is 2. The molecule has 110 valence electrons. The fraction of sp³-hybridized carbons (Fsp3) is 0.556. The highest BCUT2D eigenvalue weighted by Gasteiger charge is 2.29. The summed E-state index contributed by atoms with van der Waals surface area (Å²) in [6.45, 7) is 6.97. The Morgan fingerprint density at radius 1 is 1.00 bits per heavy atom. The molecule has 1 aromatic rings. The van der Waals surface area contributed by atoms with E-state index < -0.39 is 0 Å². The molecule has 3 heteroatoms. The van der Waals surface area contributed by atoms with Crippen LogP contribution in [0, 0.1) is 34.0 Å². The third kappa shape index (κ3) is 3.76. The van der Waals surface area contributed by atoms with Gasteiger partial charge >= 0.3 is 0 Å². The molecule has 0 amide bonds. The Labute approximate surface area is 127 Å². The van der Waals surface area contributed by atoms with Crippen LogP contribution in [0.25, 0.3) is 0 Å². The second kappa shape index (κ2) is 6.19. The lowest BCUT2D eigenvalue weighted by atomic mass is 9.71. The maximum Gasteiger partial charge on any atom is 0.101 e. The number of nitrogens with one attached hydrogen (secondary N) is 1. The van der Waals surface area contributed by atoms with Crippen LogP contribution >= 0.6 is 0 Å². The second-order valence-corrected chi connectivity index (χ2v) is 7.04. The molecule has 1 aliphatic carbocycles. The molecular formula is C18H23N3. The number of hydrogen-bond acceptors (Lipinski definition) is 3. The van der Waals surface area contributed by atoms with Gasteiger partial charge in [-0.25, -0.2) is 0 Å². The summed E-state index contributed by atoms with van der Waals surface area (Å²) in [5.74, 6) is 0.797. The van der Waals surface area contributed by atoms with Crippen molar-refractivity contribution in [1.82, 2.24) is 0 Å². The van der Waals surface area contributed by atoms with Crippen molar-refractivity contribution in [3.8, 4) is 12.1 Å². The quantitative estimate of drug-likeness (QED) is 0.871. The van der Waals surface area contributed by atoms with Gasteiger partial charge in [-0.2, -0.15) is 10.5 Å². The van der Waals surface area contributed by atoms with E-state index in [-0.39, 0.29) is 0 Å². The average molecular weight is 281 g/mol. The SMILES string of the molecule is CC(C)(C)C1CCC(Nc2ccc(C#N)c(C#N)c2)CC1. The van der Waals surface area contributed by atoms with E-state index >= 15 is 0 Å². The Kier molecular flexibility index (Phi) is 4.53. The average Bonchev–Trinajstić information content (AvgIpc) is 2.46. The van der Waals surface area contributed by atoms with E-state index in [0.29, 0.717) is 22.6 Å². The highest BCUT2D eigenvalue weighted by molar-refractivity contribution is 5.56. The van der Waals surface area contributed by atoms with E-state index in [9.17, 15) is 0 Å². The van der Waals surface area contributed by atoms with Crippen LogP contribution in [0.5, 0.6) is 0 Å². The summed E-state index contributed by atoms with van der Waals surface area (Å²) in [4.78, 5) is 0. The third-order valence-corrected chi connectivity index (χ3v) is 4.58. The lowest BCUT2D eigenvalue weighted by Crippen LogP contribution is -2.31. The molecule has 0 radical (unpaired) electrons. The first-order chi connectivity index (χ1) is 9.94. The third-order valence-electron chi connectivity index (χ3n) is 4.58. The molecule has 0 saturated heterocycles. The van der Waals surface area contributed by atoms with Crippen molar-refractivity contribution in [3.05, 3.63) is 29.3 Å². The largest absolute Gasteiger partial charge is 0.382 e. The van der Waals surface area contributed by atoms with Crippen molar-refractivity contribution >= 4 is 5.69 Å². The molecule has 0 heterocycles. The monoisotopic (exact) mass is 281 g/mol. The minimum Gasteiger partial charge on any atom is -0.382 e. The van der Waals surface area contributed by atoms with Crippen LogP contribution < -0.4 is 5.32 Å². The maximum atomic E-state index is 9.08. The summed E-state index contributed by atoms with van der Waals surface area (Å²) < 4.78 is 0. The molecule has 1 aromatic carbocycles. The molecule has 0 bridgehead atoms.